The third-order valence-corrected chi connectivity index (χ3v) is 5.18. The molecule has 0 heterocycles. The number of benzene rings is 3. The Morgan fingerprint density at radius 1 is 0.931 bits per heavy atom. The molecule has 0 radical (unpaired) electrons. The average molecular weight is 394 g/mol. The molecule has 0 saturated heterocycles. The maximum absolute atomic E-state index is 11.7. The summed E-state index contributed by atoms with van der Waals surface area (Å²) in [5, 5.41) is 11.8. The van der Waals surface area contributed by atoms with Crippen LogP contribution in [0.5, 0.6) is 17.2 Å². The zero-order chi connectivity index (χ0) is 21.1. The summed E-state index contributed by atoms with van der Waals surface area (Å²) in [6.45, 7) is 7.40. The molecule has 0 bridgehead atoms. The minimum Gasteiger partial charge on any atom is -0.495 e. The molecule has 0 aliphatic carbocycles. The maximum Gasteiger partial charge on any atom is 0.339 e. The summed E-state index contributed by atoms with van der Waals surface area (Å²) in [6, 6.07) is 14.0. The molecule has 0 amide bonds. The standard InChI is InChI=1S/C24H26O5/c1-6-20(28-19-12-11-17-9-7-8-10-18(17)13-19)29-22-15(3)14(2)21(24(25)26)23(27-5)16(22)4/h7-13,20H,6H2,1-5H3,(H,25,26). The lowest BCUT2D eigenvalue weighted by molar-refractivity contribution is 0.00218. The monoisotopic (exact) mass is 394 g/mol. The summed E-state index contributed by atoms with van der Waals surface area (Å²) in [4.78, 5) is 11.7. The number of aromatic carboxylic acids is 1. The van der Waals surface area contributed by atoms with Gasteiger partial charge >= 0.3 is 5.97 Å². The van der Waals surface area contributed by atoms with Gasteiger partial charge in [-0.15, -0.1) is 0 Å². The highest BCUT2D eigenvalue weighted by atomic mass is 16.7. The number of ether oxygens (including phenoxy) is 3. The fraction of sp³-hybridized carbons (Fsp3) is 0.292. The van der Waals surface area contributed by atoms with Crippen LogP contribution < -0.4 is 14.2 Å². The molecule has 5 heteroatoms. The summed E-state index contributed by atoms with van der Waals surface area (Å²) >= 11 is 0. The number of rotatable bonds is 7. The minimum absolute atomic E-state index is 0.165. The predicted octanol–water partition coefficient (Wildman–Crippen LogP) is 5.67. The Kier molecular flexibility index (Phi) is 5.97. The Bertz CT molecular complexity index is 1050. The van der Waals surface area contributed by atoms with E-state index in [0.717, 1.165) is 22.1 Å². The van der Waals surface area contributed by atoms with Crippen molar-refractivity contribution in [2.45, 2.75) is 40.4 Å². The van der Waals surface area contributed by atoms with Crippen molar-refractivity contribution in [2.75, 3.05) is 7.11 Å². The Labute approximate surface area is 170 Å². The van der Waals surface area contributed by atoms with E-state index in [1.54, 1.807) is 13.8 Å². The van der Waals surface area contributed by atoms with Crippen LogP contribution >= 0.6 is 0 Å². The van der Waals surface area contributed by atoms with E-state index in [0.29, 0.717) is 29.0 Å². The van der Waals surface area contributed by atoms with Crippen LogP contribution in [-0.2, 0) is 0 Å². The first-order valence-corrected chi connectivity index (χ1v) is 9.60. The fourth-order valence-electron chi connectivity index (χ4n) is 3.50. The lowest BCUT2D eigenvalue weighted by Crippen LogP contribution is -2.24. The largest absolute Gasteiger partial charge is 0.495 e. The summed E-state index contributed by atoms with van der Waals surface area (Å²) in [6.07, 6.45) is 0.0988. The number of hydrogen-bond donors (Lipinski definition) is 1. The Morgan fingerprint density at radius 2 is 1.62 bits per heavy atom. The van der Waals surface area contributed by atoms with E-state index in [1.165, 1.54) is 7.11 Å². The molecule has 29 heavy (non-hydrogen) atoms. The van der Waals surface area contributed by atoms with Gasteiger partial charge in [0.2, 0.25) is 6.29 Å². The molecule has 1 N–H and O–H groups in total. The second-order valence-electron chi connectivity index (χ2n) is 7.00. The summed E-state index contributed by atoms with van der Waals surface area (Å²) in [5.74, 6) is 0.612. The molecule has 3 aromatic rings. The first-order valence-electron chi connectivity index (χ1n) is 9.60. The topological polar surface area (TPSA) is 65.0 Å². The van der Waals surface area contributed by atoms with E-state index in [9.17, 15) is 9.90 Å². The van der Waals surface area contributed by atoms with Gasteiger partial charge in [0.1, 0.15) is 22.8 Å². The van der Waals surface area contributed by atoms with Gasteiger partial charge in [-0.3, -0.25) is 0 Å². The van der Waals surface area contributed by atoms with Crippen LogP contribution in [0, 0.1) is 20.8 Å². The summed E-state index contributed by atoms with van der Waals surface area (Å²) < 4.78 is 17.7. The van der Waals surface area contributed by atoms with Gasteiger partial charge < -0.3 is 19.3 Å². The lowest BCUT2D eigenvalue weighted by atomic mass is 9.97. The third kappa shape index (κ3) is 3.99. The molecule has 0 aromatic heterocycles. The van der Waals surface area contributed by atoms with Crippen molar-refractivity contribution in [3.8, 4) is 17.2 Å². The molecule has 5 nitrogen and oxygen atoms in total. The molecule has 0 fully saturated rings. The highest BCUT2D eigenvalue weighted by Crippen LogP contribution is 2.39. The molecule has 152 valence electrons. The first kappa shape index (κ1) is 20.5. The lowest BCUT2D eigenvalue weighted by Gasteiger charge is -2.24. The van der Waals surface area contributed by atoms with Crippen molar-refractivity contribution in [3.63, 3.8) is 0 Å². The van der Waals surface area contributed by atoms with Crippen molar-refractivity contribution in [2.24, 2.45) is 0 Å². The molecule has 3 rings (SSSR count). The number of hydrogen-bond acceptors (Lipinski definition) is 4. The fourth-order valence-corrected chi connectivity index (χ4v) is 3.50. The number of carbonyl (C=O) groups is 1. The van der Waals surface area contributed by atoms with E-state index in [4.69, 9.17) is 14.2 Å². The van der Waals surface area contributed by atoms with Crippen molar-refractivity contribution < 1.29 is 24.1 Å². The van der Waals surface area contributed by atoms with Crippen molar-refractivity contribution in [1.82, 2.24) is 0 Å². The van der Waals surface area contributed by atoms with Crippen LogP contribution in [0.4, 0.5) is 0 Å². The van der Waals surface area contributed by atoms with E-state index in [1.807, 2.05) is 50.2 Å². The molecule has 1 atom stereocenters. The van der Waals surface area contributed by atoms with E-state index >= 15 is 0 Å². The number of carboxylic acid groups (broad SMARTS) is 1. The van der Waals surface area contributed by atoms with Gasteiger partial charge in [-0.1, -0.05) is 37.3 Å². The molecular formula is C24H26O5. The third-order valence-electron chi connectivity index (χ3n) is 5.18. The van der Waals surface area contributed by atoms with Gasteiger partial charge in [0, 0.05) is 12.0 Å². The SMILES string of the molecule is CCC(Oc1ccc2ccccc2c1)Oc1c(C)c(C)c(C(=O)O)c(OC)c1C. The average Bonchev–Trinajstić information content (AvgIpc) is 2.72. The van der Waals surface area contributed by atoms with E-state index < -0.39 is 12.3 Å². The van der Waals surface area contributed by atoms with E-state index in [2.05, 4.69) is 6.07 Å². The highest BCUT2D eigenvalue weighted by Gasteiger charge is 2.25. The molecule has 1 unspecified atom stereocenters. The van der Waals surface area contributed by atoms with Gasteiger partial charge in [0.25, 0.3) is 0 Å². The van der Waals surface area contributed by atoms with Crippen molar-refractivity contribution in [3.05, 3.63) is 64.7 Å². The van der Waals surface area contributed by atoms with Gasteiger partial charge in [-0.25, -0.2) is 4.79 Å². The quantitative estimate of drug-likeness (QED) is 0.523. The zero-order valence-corrected chi connectivity index (χ0v) is 17.4. The van der Waals surface area contributed by atoms with Crippen LogP contribution in [0.3, 0.4) is 0 Å². The zero-order valence-electron chi connectivity index (χ0n) is 17.4. The molecular weight excluding hydrogens is 368 g/mol. The Morgan fingerprint density at radius 3 is 2.24 bits per heavy atom. The molecule has 0 aliphatic rings. The van der Waals surface area contributed by atoms with Crippen LogP contribution in [0.2, 0.25) is 0 Å². The number of carboxylic acids is 1. The van der Waals surface area contributed by atoms with Crippen LogP contribution in [-0.4, -0.2) is 24.5 Å². The van der Waals surface area contributed by atoms with Gasteiger partial charge in [-0.05, 0) is 54.8 Å². The second kappa shape index (κ2) is 8.43. The molecule has 3 aromatic carbocycles. The molecule has 0 spiro atoms. The number of methoxy groups -OCH3 is 1. The van der Waals surface area contributed by atoms with E-state index in [-0.39, 0.29) is 5.56 Å². The predicted molar refractivity (Wildman–Crippen MR) is 113 cm³/mol. The van der Waals surface area contributed by atoms with Crippen LogP contribution in [0.25, 0.3) is 10.8 Å². The number of fused-ring (bicyclic) bond motifs is 1. The minimum atomic E-state index is -1.02. The smallest absolute Gasteiger partial charge is 0.339 e. The summed E-state index contributed by atoms with van der Waals surface area (Å²) in [7, 11) is 1.47. The van der Waals surface area contributed by atoms with Crippen LogP contribution in [0.15, 0.2) is 42.5 Å². The van der Waals surface area contributed by atoms with Crippen molar-refractivity contribution >= 4 is 16.7 Å². The van der Waals surface area contributed by atoms with Gasteiger partial charge in [0.15, 0.2) is 0 Å². The normalized spacial score (nSPS) is 11.9. The Balaban J connectivity index is 1.94. The summed E-state index contributed by atoms with van der Waals surface area (Å²) in [5.41, 5.74) is 2.20. The second-order valence-corrected chi connectivity index (χ2v) is 7.00. The molecule has 0 saturated carbocycles. The van der Waals surface area contributed by atoms with Gasteiger partial charge in [0.05, 0.1) is 7.11 Å². The van der Waals surface area contributed by atoms with Crippen molar-refractivity contribution in [1.29, 1.82) is 0 Å². The van der Waals surface area contributed by atoms with Crippen LogP contribution in [0.1, 0.15) is 40.4 Å². The first-order chi connectivity index (χ1) is 13.9. The maximum atomic E-state index is 11.7. The Hall–Kier alpha value is -3.21. The molecule has 0 aliphatic heterocycles. The van der Waals surface area contributed by atoms with Gasteiger partial charge in [-0.2, -0.15) is 0 Å². The highest BCUT2D eigenvalue weighted by molar-refractivity contribution is 5.94.